The molecule has 1 saturated heterocycles. The molecule has 0 radical (unpaired) electrons. The van der Waals surface area contributed by atoms with Crippen LogP contribution in [-0.2, 0) is 4.74 Å². The zero-order valence-electron chi connectivity index (χ0n) is 10.4. The van der Waals surface area contributed by atoms with Crippen molar-refractivity contribution in [2.24, 2.45) is 0 Å². The molecule has 1 rings (SSSR count). The SMILES string of the molecule is CCCCC[C@@H]1C[C@@H](I)CC(C)(CC)O1. The molecule has 0 spiro atoms. The third-order valence-electron chi connectivity index (χ3n) is 3.50. The second kappa shape index (κ2) is 6.43. The van der Waals surface area contributed by atoms with Gasteiger partial charge < -0.3 is 4.74 Å². The van der Waals surface area contributed by atoms with Crippen molar-refractivity contribution in [1.82, 2.24) is 0 Å². The minimum absolute atomic E-state index is 0.154. The minimum Gasteiger partial charge on any atom is -0.372 e. The van der Waals surface area contributed by atoms with Gasteiger partial charge in [0.25, 0.3) is 0 Å². The van der Waals surface area contributed by atoms with E-state index in [-0.39, 0.29) is 5.60 Å². The first kappa shape index (κ1) is 13.8. The molecular formula is C13H25IO. The summed E-state index contributed by atoms with van der Waals surface area (Å²) in [5, 5.41) is 0. The van der Waals surface area contributed by atoms with Crippen molar-refractivity contribution in [1.29, 1.82) is 0 Å². The van der Waals surface area contributed by atoms with Crippen molar-refractivity contribution in [2.45, 2.75) is 81.3 Å². The lowest BCUT2D eigenvalue weighted by molar-refractivity contribution is -0.118. The Morgan fingerprint density at radius 2 is 2.07 bits per heavy atom. The summed E-state index contributed by atoms with van der Waals surface area (Å²) in [4.78, 5) is 0. The molecular weight excluding hydrogens is 299 g/mol. The lowest BCUT2D eigenvalue weighted by Gasteiger charge is -2.41. The maximum Gasteiger partial charge on any atom is 0.0665 e. The number of hydrogen-bond acceptors (Lipinski definition) is 1. The summed E-state index contributed by atoms with van der Waals surface area (Å²) in [5.74, 6) is 0. The molecule has 0 aromatic rings. The van der Waals surface area contributed by atoms with Crippen LogP contribution in [0, 0.1) is 0 Å². The Balaban J connectivity index is 2.38. The Kier molecular flexibility index (Phi) is 5.90. The zero-order chi connectivity index (χ0) is 11.3. The van der Waals surface area contributed by atoms with Gasteiger partial charge in [0.15, 0.2) is 0 Å². The number of alkyl halides is 1. The molecule has 0 amide bonds. The minimum atomic E-state index is 0.154. The fourth-order valence-corrected chi connectivity index (χ4v) is 3.86. The van der Waals surface area contributed by atoms with Gasteiger partial charge in [-0.25, -0.2) is 0 Å². The predicted molar refractivity (Wildman–Crippen MR) is 74.8 cm³/mol. The Morgan fingerprint density at radius 3 is 2.67 bits per heavy atom. The van der Waals surface area contributed by atoms with E-state index in [1.165, 1.54) is 38.5 Å². The number of hydrogen-bond donors (Lipinski definition) is 0. The Bertz CT molecular complexity index is 183. The van der Waals surface area contributed by atoms with E-state index in [0.29, 0.717) is 6.10 Å². The highest BCUT2D eigenvalue weighted by Gasteiger charge is 2.35. The quantitative estimate of drug-likeness (QED) is 0.404. The Hall–Kier alpha value is 0.690. The average Bonchev–Trinajstić information content (AvgIpc) is 2.17. The first-order chi connectivity index (χ1) is 7.09. The second-order valence-electron chi connectivity index (χ2n) is 5.08. The first-order valence-electron chi connectivity index (χ1n) is 6.41. The summed E-state index contributed by atoms with van der Waals surface area (Å²) in [6.07, 6.45) is 9.44. The summed E-state index contributed by atoms with van der Waals surface area (Å²) in [6.45, 7) is 6.79. The highest BCUT2D eigenvalue weighted by Crippen LogP contribution is 2.36. The maximum absolute atomic E-state index is 6.24. The van der Waals surface area contributed by atoms with Crippen LogP contribution in [0.1, 0.15) is 65.7 Å². The van der Waals surface area contributed by atoms with Crippen molar-refractivity contribution >= 4 is 22.6 Å². The van der Waals surface area contributed by atoms with Crippen LogP contribution >= 0.6 is 22.6 Å². The Morgan fingerprint density at radius 1 is 1.33 bits per heavy atom. The van der Waals surface area contributed by atoms with Crippen LogP contribution in [0.3, 0.4) is 0 Å². The molecule has 2 heteroatoms. The average molecular weight is 324 g/mol. The molecule has 0 aromatic heterocycles. The van der Waals surface area contributed by atoms with Crippen LogP contribution in [0.5, 0.6) is 0 Å². The van der Waals surface area contributed by atoms with E-state index in [1.807, 2.05) is 0 Å². The second-order valence-corrected chi connectivity index (χ2v) is 6.84. The van der Waals surface area contributed by atoms with Crippen molar-refractivity contribution in [2.75, 3.05) is 0 Å². The standard InChI is InChI=1S/C13H25IO/c1-4-6-7-8-12-9-11(14)10-13(3,5-2)15-12/h11-12H,4-10H2,1-3H3/t11-,12-,13?/m1/s1. The lowest BCUT2D eigenvalue weighted by Crippen LogP contribution is -2.41. The highest BCUT2D eigenvalue weighted by molar-refractivity contribution is 14.1. The number of rotatable bonds is 5. The molecule has 0 bridgehead atoms. The molecule has 0 N–H and O–H groups in total. The molecule has 3 atom stereocenters. The largest absolute Gasteiger partial charge is 0.372 e. The fraction of sp³-hybridized carbons (Fsp3) is 1.00. The van der Waals surface area contributed by atoms with E-state index >= 15 is 0 Å². The van der Waals surface area contributed by atoms with Gasteiger partial charge in [-0.3, -0.25) is 0 Å². The van der Waals surface area contributed by atoms with Crippen LogP contribution in [0.2, 0.25) is 0 Å². The monoisotopic (exact) mass is 324 g/mol. The van der Waals surface area contributed by atoms with Crippen LogP contribution in [0.15, 0.2) is 0 Å². The molecule has 90 valence electrons. The molecule has 1 unspecified atom stereocenters. The molecule has 0 saturated carbocycles. The van der Waals surface area contributed by atoms with Crippen LogP contribution in [0.25, 0.3) is 0 Å². The van der Waals surface area contributed by atoms with E-state index in [1.54, 1.807) is 0 Å². The number of ether oxygens (including phenoxy) is 1. The zero-order valence-corrected chi connectivity index (χ0v) is 12.5. The van der Waals surface area contributed by atoms with Crippen LogP contribution < -0.4 is 0 Å². The van der Waals surface area contributed by atoms with Gasteiger partial charge in [0.05, 0.1) is 11.7 Å². The molecule has 1 nitrogen and oxygen atoms in total. The molecule has 1 heterocycles. The molecule has 15 heavy (non-hydrogen) atoms. The summed E-state index contributed by atoms with van der Waals surface area (Å²) >= 11 is 2.60. The molecule has 1 aliphatic rings. The summed E-state index contributed by atoms with van der Waals surface area (Å²) in [7, 11) is 0. The van der Waals surface area contributed by atoms with Gasteiger partial charge in [-0.2, -0.15) is 0 Å². The first-order valence-corrected chi connectivity index (χ1v) is 7.66. The third-order valence-corrected chi connectivity index (χ3v) is 4.45. The van der Waals surface area contributed by atoms with Crippen LogP contribution in [0.4, 0.5) is 0 Å². The van der Waals surface area contributed by atoms with Gasteiger partial charge in [-0.05, 0) is 32.6 Å². The summed E-state index contributed by atoms with van der Waals surface area (Å²) in [5.41, 5.74) is 0.154. The highest BCUT2D eigenvalue weighted by atomic mass is 127. The normalized spacial score (nSPS) is 36.8. The molecule has 0 aromatic carbocycles. The van der Waals surface area contributed by atoms with Gasteiger partial charge in [-0.15, -0.1) is 0 Å². The van der Waals surface area contributed by atoms with Gasteiger partial charge in [0.1, 0.15) is 0 Å². The fourth-order valence-electron chi connectivity index (χ4n) is 2.36. The van der Waals surface area contributed by atoms with E-state index in [0.717, 1.165) is 10.3 Å². The summed E-state index contributed by atoms with van der Waals surface area (Å²) in [6, 6.07) is 0. The van der Waals surface area contributed by atoms with Crippen LogP contribution in [-0.4, -0.2) is 15.6 Å². The van der Waals surface area contributed by atoms with Gasteiger partial charge in [-0.1, -0.05) is 55.7 Å². The molecule has 1 fully saturated rings. The van der Waals surface area contributed by atoms with Gasteiger partial charge in [0.2, 0.25) is 0 Å². The molecule has 0 aliphatic carbocycles. The predicted octanol–water partition coefficient (Wildman–Crippen LogP) is 4.72. The van der Waals surface area contributed by atoms with Crippen molar-refractivity contribution in [3.8, 4) is 0 Å². The number of halogens is 1. The van der Waals surface area contributed by atoms with Crippen molar-refractivity contribution in [3.63, 3.8) is 0 Å². The third kappa shape index (κ3) is 4.59. The summed E-state index contributed by atoms with van der Waals surface area (Å²) < 4.78 is 7.05. The van der Waals surface area contributed by atoms with E-state index < -0.39 is 0 Å². The van der Waals surface area contributed by atoms with Crippen molar-refractivity contribution in [3.05, 3.63) is 0 Å². The maximum atomic E-state index is 6.24. The van der Waals surface area contributed by atoms with Crippen molar-refractivity contribution < 1.29 is 4.74 Å². The Labute approximate surface area is 108 Å². The lowest BCUT2D eigenvalue weighted by atomic mass is 9.89. The number of unbranched alkanes of at least 4 members (excludes halogenated alkanes) is 2. The van der Waals surface area contributed by atoms with Gasteiger partial charge in [0, 0.05) is 3.92 Å². The topological polar surface area (TPSA) is 9.23 Å². The van der Waals surface area contributed by atoms with E-state index in [9.17, 15) is 0 Å². The van der Waals surface area contributed by atoms with Gasteiger partial charge >= 0.3 is 0 Å². The van der Waals surface area contributed by atoms with E-state index in [4.69, 9.17) is 4.74 Å². The molecule has 1 aliphatic heterocycles. The smallest absolute Gasteiger partial charge is 0.0665 e. The van der Waals surface area contributed by atoms with E-state index in [2.05, 4.69) is 43.4 Å².